The van der Waals surface area contributed by atoms with E-state index in [-0.39, 0.29) is 18.1 Å². The summed E-state index contributed by atoms with van der Waals surface area (Å²) in [5, 5.41) is 2.89. The summed E-state index contributed by atoms with van der Waals surface area (Å²) in [6.45, 7) is 1.72. The van der Waals surface area contributed by atoms with Crippen LogP contribution in [0.4, 0.5) is 4.39 Å². The van der Waals surface area contributed by atoms with Gasteiger partial charge in [0.2, 0.25) is 5.91 Å². The van der Waals surface area contributed by atoms with Crippen LogP contribution in [0.1, 0.15) is 22.3 Å². The highest BCUT2D eigenvalue weighted by molar-refractivity contribution is 5.80. The number of carbonyl (C=O) groups is 1. The fourth-order valence-corrected chi connectivity index (χ4v) is 3.53. The third-order valence-corrected chi connectivity index (χ3v) is 4.77. The van der Waals surface area contributed by atoms with Gasteiger partial charge < -0.3 is 14.8 Å². The van der Waals surface area contributed by atoms with Crippen molar-refractivity contribution in [2.75, 3.05) is 19.8 Å². The molecular weight excluding hydrogens is 321 g/mol. The fourth-order valence-electron chi connectivity index (χ4n) is 3.53. The molecular formula is C20H20FNO3. The maximum Gasteiger partial charge on any atom is 0.224 e. The number of amides is 1. The van der Waals surface area contributed by atoms with Gasteiger partial charge in [0.05, 0.1) is 19.6 Å². The second kappa shape index (κ2) is 6.75. The van der Waals surface area contributed by atoms with E-state index in [9.17, 15) is 9.18 Å². The van der Waals surface area contributed by atoms with Gasteiger partial charge >= 0.3 is 0 Å². The summed E-state index contributed by atoms with van der Waals surface area (Å²) in [7, 11) is 0. The van der Waals surface area contributed by atoms with E-state index >= 15 is 0 Å². The average Bonchev–Trinajstić information content (AvgIpc) is 3.25. The average molecular weight is 341 g/mol. The van der Waals surface area contributed by atoms with E-state index in [0.717, 1.165) is 41.0 Å². The lowest BCUT2D eigenvalue weighted by atomic mass is 9.97. The van der Waals surface area contributed by atoms with Crippen molar-refractivity contribution in [2.45, 2.75) is 25.7 Å². The Kier molecular flexibility index (Phi) is 4.30. The number of halogens is 1. The quantitative estimate of drug-likeness (QED) is 0.909. The molecule has 0 radical (unpaired) electrons. The van der Waals surface area contributed by atoms with E-state index in [4.69, 9.17) is 9.47 Å². The van der Waals surface area contributed by atoms with Crippen LogP contribution in [0.5, 0.6) is 11.5 Å². The van der Waals surface area contributed by atoms with Crippen molar-refractivity contribution in [1.29, 1.82) is 0 Å². The van der Waals surface area contributed by atoms with Crippen molar-refractivity contribution in [3.8, 4) is 11.5 Å². The molecule has 2 heterocycles. The number of fused-ring (bicyclic) bond motifs is 2. The summed E-state index contributed by atoms with van der Waals surface area (Å²) in [5.41, 5.74) is 3.77. The van der Waals surface area contributed by atoms with Crippen molar-refractivity contribution in [1.82, 2.24) is 5.32 Å². The maximum absolute atomic E-state index is 13.6. The largest absolute Gasteiger partial charge is 0.493 e. The predicted octanol–water partition coefficient (Wildman–Crippen LogP) is 2.60. The monoisotopic (exact) mass is 341 g/mol. The Morgan fingerprint density at radius 1 is 1.16 bits per heavy atom. The third-order valence-electron chi connectivity index (χ3n) is 4.77. The van der Waals surface area contributed by atoms with Crippen LogP contribution in [0.15, 0.2) is 30.3 Å². The van der Waals surface area contributed by atoms with Crippen LogP contribution in [0.3, 0.4) is 0 Å². The molecule has 0 unspecified atom stereocenters. The second-order valence-corrected chi connectivity index (χ2v) is 6.39. The molecule has 2 aliphatic heterocycles. The van der Waals surface area contributed by atoms with Crippen LogP contribution >= 0.6 is 0 Å². The summed E-state index contributed by atoms with van der Waals surface area (Å²) >= 11 is 0. The predicted molar refractivity (Wildman–Crippen MR) is 91.7 cm³/mol. The highest BCUT2D eigenvalue weighted by Gasteiger charge is 2.27. The van der Waals surface area contributed by atoms with Gasteiger partial charge in [-0.2, -0.15) is 0 Å². The van der Waals surface area contributed by atoms with Crippen molar-refractivity contribution in [2.24, 2.45) is 0 Å². The Morgan fingerprint density at radius 3 is 2.88 bits per heavy atom. The molecule has 2 aliphatic rings. The minimum Gasteiger partial charge on any atom is -0.493 e. The van der Waals surface area contributed by atoms with Crippen molar-refractivity contribution in [3.63, 3.8) is 0 Å². The molecule has 0 spiro atoms. The van der Waals surface area contributed by atoms with Crippen molar-refractivity contribution in [3.05, 3.63) is 58.4 Å². The SMILES string of the molecule is O=C(Cc1c2c(cc3c1OCC3)OCC2)NCCc1ccccc1F. The zero-order valence-electron chi connectivity index (χ0n) is 13.9. The molecule has 0 saturated carbocycles. The molecule has 1 N–H and O–H groups in total. The van der Waals surface area contributed by atoms with Crippen LogP contribution in [0.2, 0.25) is 0 Å². The summed E-state index contributed by atoms with van der Waals surface area (Å²) in [4.78, 5) is 12.4. The number of nitrogens with one attached hydrogen (secondary N) is 1. The molecule has 0 saturated heterocycles. The van der Waals surface area contributed by atoms with Crippen LogP contribution in [-0.4, -0.2) is 25.7 Å². The van der Waals surface area contributed by atoms with Crippen LogP contribution < -0.4 is 14.8 Å². The molecule has 0 fully saturated rings. The Balaban J connectivity index is 1.43. The lowest BCUT2D eigenvalue weighted by molar-refractivity contribution is -0.120. The van der Waals surface area contributed by atoms with E-state index in [1.54, 1.807) is 18.2 Å². The number of rotatable bonds is 5. The normalized spacial score (nSPS) is 14.4. The molecule has 5 heteroatoms. The molecule has 0 aromatic heterocycles. The van der Waals surface area contributed by atoms with Gasteiger partial charge in [-0.25, -0.2) is 4.39 Å². The first kappa shape index (κ1) is 15.9. The molecule has 1 amide bonds. The Morgan fingerprint density at radius 2 is 2.00 bits per heavy atom. The molecule has 4 rings (SSSR count). The number of carbonyl (C=O) groups excluding carboxylic acids is 1. The zero-order valence-corrected chi connectivity index (χ0v) is 13.9. The van der Waals surface area contributed by atoms with Gasteiger partial charge in [0.1, 0.15) is 17.3 Å². The number of hydrogen-bond acceptors (Lipinski definition) is 3. The third kappa shape index (κ3) is 3.18. The summed E-state index contributed by atoms with van der Waals surface area (Å²) < 4.78 is 25.0. The van der Waals surface area contributed by atoms with Crippen LogP contribution in [0, 0.1) is 5.82 Å². The summed E-state index contributed by atoms with van der Waals surface area (Å²) in [5.74, 6) is 1.43. The second-order valence-electron chi connectivity index (χ2n) is 6.39. The molecule has 2 aromatic rings. The smallest absolute Gasteiger partial charge is 0.224 e. The highest BCUT2D eigenvalue weighted by Crippen LogP contribution is 2.40. The van der Waals surface area contributed by atoms with E-state index in [0.29, 0.717) is 31.7 Å². The van der Waals surface area contributed by atoms with Gasteiger partial charge in [-0.05, 0) is 24.1 Å². The number of hydrogen-bond donors (Lipinski definition) is 1. The van der Waals surface area contributed by atoms with Gasteiger partial charge in [0.15, 0.2) is 0 Å². The van der Waals surface area contributed by atoms with E-state index < -0.39 is 0 Å². The fraction of sp³-hybridized carbons (Fsp3) is 0.350. The highest BCUT2D eigenvalue weighted by atomic mass is 19.1. The molecule has 0 bridgehead atoms. The molecule has 2 aromatic carbocycles. The number of benzene rings is 2. The minimum atomic E-state index is -0.235. The van der Waals surface area contributed by atoms with E-state index in [1.165, 1.54) is 6.07 Å². The lowest BCUT2D eigenvalue weighted by Crippen LogP contribution is -2.28. The van der Waals surface area contributed by atoms with Gasteiger partial charge in [0.25, 0.3) is 0 Å². The van der Waals surface area contributed by atoms with Gasteiger partial charge in [-0.15, -0.1) is 0 Å². The van der Waals surface area contributed by atoms with E-state index in [1.807, 2.05) is 6.07 Å². The maximum atomic E-state index is 13.6. The molecule has 0 atom stereocenters. The molecule has 0 aliphatic carbocycles. The molecule has 4 nitrogen and oxygen atoms in total. The summed E-state index contributed by atoms with van der Waals surface area (Å²) in [6, 6.07) is 8.68. The van der Waals surface area contributed by atoms with Crippen molar-refractivity contribution < 1.29 is 18.7 Å². The lowest BCUT2D eigenvalue weighted by Gasteiger charge is -2.13. The van der Waals surface area contributed by atoms with Gasteiger partial charge in [-0.3, -0.25) is 4.79 Å². The van der Waals surface area contributed by atoms with Crippen LogP contribution in [0.25, 0.3) is 0 Å². The molecule has 25 heavy (non-hydrogen) atoms. The Labute approximate surface area is 146 Å². The zero-order chi connectivity index (χ0) is 17.2. The Hall–Kier alpha value is -2.56. The van der Waals surface area contributed by atoms with Gasteiger partial charge in [-0.1, -0.05) is 18.2 Å². The Bertz CT molecular complexity index is 787. The standard InChI is InChI=1S/C20H20FNO3/c21-17-4-2-1-3-13(17)5-8-22-19(23)12-16-15-7-10-24-18(15)11-14-6-9-25-20(14)16/h1-4,11H,5-10,12H2,(H,22,23). The first-order valence-electron chi connectivity index (χ1n) is 8.65. The van der Waals surface area contributed by atoms with Gasteiger partial charge in [0, 0.05) is 36.1 Å². The number of ether oxygens (including phenoxy) is 2. The van der Waals surface area contributed by atoms with Crippen molar-refractivity contribution >= 4 is 5.91 Å². The topological polar surface area (TPSA) is 47.6 Å². The minimum absolute atomic E-state index is 0.0747. The first-order chi connectivity index (χ1) is 12.2. The van der Waals surface area contributed by atoms with Crippen LogP contribution in [-0.2, 0) is 30.5 Å². The first-order valence-corrected chi connectivity index (χ1v) is 8.65. The van der Waals surface area contributed by atoms with E-state index in [2.05, 4.69) is 5.32 Å². The summed E-state index contributed by atoms with van der Waals surface area (Å²) in [6.07, 6.45) is 2.41. The molecule has 130 valence electrons.